The minimum Gasteiger partial charge on any atom is -0.445 e. The molecule has 0 unspecified atom stereocenters. The van der Waals surface area contributed by atoms with Crippen molar-refractivity contribution in [2.45, 2.75) is 11.5 Å². The van der Waals surface area contributed by atoms with E-state index in [1.807, 2.05) is 42.5 Å². The van der Waals surface area contributed by atoms with Crippen LogP contribution in [0.15, 0.2) is 65.6 Å². The van der Waals surface area contributed by atoms with Crippen LogP contribution >= 0.6 is 11.8 Å². The van der Waals surface area contributed by atoms with Gasteiger partial charge in [0.2, 0.25) is 0 Å². The zero-order valence-electron chi connectivity index (χ0n) is 12.5. The Morgan fingerprint density at radius 1 is 1.14 bits per heavy atom. The molecule has 3 nitrogen and oxygen atoms in total. The average molecular weight is 313 g/mol. The van der Waals surface area contributed by atoms with Gasteiger partial charge in [0.1, 0.15) is 6.61 Å². The molecule has 2 rings (SSSR count). The van der Waals surface area contributed by atoms with E-state index < -0.39 is 6.09 Å². The van der Waals surface area contributed by atoms with E-state index in [9.17, 15) is 4.79 Å². The third-order valence-electron chi connectivity index (χ3n) is 3.00. The molecule has 0 aromatic heterocycles. The molecule has 0 atom stereocenters. The second kappa shape index (κ2) is 8.95. The molecule has 0 radical (unpaired) electrons. The number of amides is 1. The normalized spacial score (nSPS) is 10.6. The molecular formula is C18H19NO2S. The molecule has 0 bridgehead atoms. The lowest BCUT2D eigenvalue weighted by atomic mass is 10.2. The molecule has 0 fully saturated rings. The van der Waals surface area contributed by atoms with Crippen LogP contribution in [-0.4, -0.2) is 18.9 Å². The molecule has 2 aromatic rings. The van der Waals surface area contributed by atoms with Crippen molar-refractivity contribution >= 4 is 23.9 Å². The van der Waals surface area contributed by atoms with Gasteiger partial charge in [-0.05, 0) is 29.5 Å². The van der Waals surface area contributed by atoms with Crippen molar-refractivity contribution in [2.75, 3.05) is 12.8 Å². The zero-order valence-corrected chi connectivity index (χ0v) is 13.3. The summed E-state index contributed by atoms with van der Waals surface area (Å²) in [7, 11) is 0. The van der Waals surface area contributed by atoms with Gasteiger partial charge >= 0.3 is 6.09 Å². The van der Waals surface area contributed by atoms with Crippen LogP contribution in [0.25, 0.3) is 6.08 Å². The highest BCUT2D eigenvalue weighted by Crippen LogP contribution is 2.15. The summed E-state index contributed by atoms with van der Waals surface area (Å²) < 4.78 is 5.12. The second-order valence-corrected chi connectivity index (χ2v) is 5.50. The number of alkyl carbamates (subject to hydrolysis) is 1. The van der Waals surface area contributed by atoms with Gasteiger partial charge in [0.25, 0.3) is 0 Å². The van der Waals surface area contributed by atoms with Crippen LogP contribution in [0.1, 0.15) is 11.1 Å². The smallest absolute Gasteiger partial charge is 0.407 e. The largest absolute Gasteiger partial charge is 0.445 e. The van der Waals surface area contributed by atoms with Crippen LogP contribution in [0, 0.1) is 0 Å². The molecular weight excluding hydrogens is 294 g/mol. The number of rotatable bonds is 6. The zero-order chi connectivity index (χ0) is 15.6. The van der Waals surface area contributed by atoms with Gasteiger partial charge in [0, 0.05) is 11.4 Å². The van der Waals surface area contributed by atoms with E-state index in [1.165, 1.54) is 4.90 Å². The van der Waals surface area contributed by atoms with Crippen molar-refractivity contribution in [3.8, 4) is 0 Å². The Kier molecular flexibility index (Phi) is 6.58. The minimum atomic E-state index is -0.411. The van der Waals surface area contributed by atoms with Gasteiger partial charge in [-0.3, -0.25) is 0 Å². The summed E-state index contributed by atoms with van der Waals surface area (Å²) in [5.41, 5.74) is 2.08. The van der Waals surface area contributed by atoms with Gasteiger partial charge in [-0.15, -0.1) is 11.8 Å². The van der Waals surface area contributed by atoms with Crippen molar-refractivity contribution in [3.63, 3.8) is 0 Å². The van der Waals surface area contributed by atoms with E-state index in [0.717, 1.165) is 11.1 Å². The first-order valence-corrected chi connectivity index (χ1v) is 8.25. The molecule has 0 saturated carbocycles. The Labute approximate surface area is 135 Å². The Balaban J connectivity index is 1.68. The molecule has 0 aliphatic rings. The molecule has 2 aromatic carbocycles. The van der Waals surface area contributed by atoms with E-state index in [-0.39, 0.29) is 6.61 Å². The minimum absolute atomic E-state index is 0.284. The predicted molar refractivity (Wildman–Crippen MR) is 91.9 cm³/mol. The van der Waals surface area contributed by atoms with Crippen molar-refractivity contribution in [1.29, 1.82) is 0 Å². The first-order chi connectivity index (χ1) is 10.8. The molecule has 1 N–H and O–H groups in total. The summed E-state index contributed by atoms with van der Waals surface area (Å²) >= 11 is 1.72. The molecule has 114 valence electrons. The third-order valence-corrected chi connectivity index (χ3v) is 3.75. The van der Waals surface area contributed by atoms with Crippen molar-refractivity contribution in [2.24, 2.45) is 0 Å². The van der Waals surface area contributed by atoms with E-state index in [0.29, 0.717) is 6.54 Å². The molecule has 0 spiro atoms. The monoisotopic (exact) mass is 313 g/mol. The van der Waals surface area contributed by atoms with E-state index in [4.69, 9.17) is 4.74 Å². The van der Waals surface area contributed by atoms with Crippen LogP contribution in [0.5, 0.6) is 0 Å². The van der Waals surface area contributed by atoms with Crippen LogP contribution in [-0.2, 0) is 11.3 Å². The Morgan fingerprint density at radius 2 is 1.86 bits per heavy atom. The number of carbonyl (C=O) groups is 1. The number of hydrogen-bond donors (Lipinski definition) is 1. The maximum absolute atomic E-state index is 11.5. The highest BCUT2D eigenvalue weighted by Gasteiger charge is 2.00. The van der Waals surface area contributed by atoms with Crippen molar-refractivity contribution in [1.82, 2.24) is 5.32 Å². The number of ether oxygens (including phenoxy) is 1. The molecule has 0 aliphatic heterocycles. The molecule has 0 aliphatic carbocycles. The van der Waals surface area contributed by atoms with Crippen LogP contribution < -0.4 is 5.32 Å². The lowest BCUT2D eigenvalue weighted by molar-refractivity contribution is 0.141. The molecule has 0 heterocycles. The fourth-order valence-electron chi connectivity index (χ4n) is 1.83. The topological polar surface area (TPSA) is 38.3 Å². The first kappa shape index (κ1) is 16.2. The number of hydrogen-bond acceptors (Lipinski definition) is 3. The van der Waals surface area contributed by atoms with Gasteiger partial charge in [-0.2, -0.15) is 0 Å². The maximum atomic E-state index is 11.5. The summed E-state index contributed by atoms with van der Waals surface area (Å²) in [4.78, 5) is 12.8. The van der Waals surface area contributed by atoms with Crippen LogP contribution in [0.3, 0.4) is 0 Å². The molecule has 1 amide bonds. The highest BCUT2D eigenvalue weighted by atomic mass is 32.2. The SMILES string of the molecule is CSc1ccc(C=CCNC(=O)OCc2ccccc2)cc1. The van der Waals surface area contributed by atoms with Gasteiger partial charge < -0.3 is 10.1 Å². The quantitative estimate of drug-likeness (QED) is 0.806. The Bertz CT molecular complexity index is 609. The fourth-order valence-corrected chi connectivity index (χ4v) is 2.23. The summed E-state index contributed by atoms with van der Waals surface area (Å²) in [6, 6.07) is 17.9. The predicted octanol–water partition coefficient (Wildman–Crippen LogP) is 4.35. The van der Waals surface area contributed by atoms with Crippen molar-refractivity contribution in [3.05, 3.63) is 71.8 Å². The average Bonchev–Trinajstić information content (AvgIpc) is 2.58. The summed E-state index contributed by atoms with van der Waals surface area (Å²) in [5.74, 6) is 0. The third kappa shape index (κ3) is 5.66. The summed E-state index contributed by atoms with van der Waals surface area (Å²) in [6.45, 7) is 0.727. The molecule has 0 saturated heterocycles. The number of benzene rings is 2. The van der Waals surface area contributed by atoms with Crippen LogP contribution in [0.4, 0.5) is 4.79 Å². The van der Waals surface area contributed by atoms with Gasteiger partial charge in [0.15, 0.2) is 0 Å². The Hall–Kier alpha value is -2.20. The highest BCUT2D eigenvalue weighted by molar-refractivity contribution is 7.98. The number of nitrogens with one attached hydrogen (secondary N) is 1. The Morgan fingerprint density at radius 3 is 2.55 bits per heavy atom. The first-order valence-electron chi connectivity index (χ1n) is 7.03. The van der Waals surface area contributed by atoms with Crippen molar-refractivity contribution < 1.29 is 9.53 Å². The lowest BCUT2D eigenvalue weighted by Crippen LogP contribution is -2.24. The van der Waals surface area contributed by atoms with Crippen LogP contribution in [0.2, 0.25) is 0 Å². The molecule has 22 heavy (non-hydrogen) atoms. The van der Waals surface area contributed by atoms with Gasteiger partial charge in [0.05, 0.1) is 0 Å². The van der Waals surface area contributed by atoms with Gasteiger partial charge in [-0.1, -0.05) is 54.6 Å². The van der Waals surface area contributed by atoms with Gasteiger partial charge in [-0.25, -0.2) is 4.79 Å². The number of carbonyl (C=O) groups excluding carboxylic acids is 1. The van der Waals surface area contributed by atoms with E-state index >= 15 is 0 Å². The summed E-state index contributed by atoms with van der Waals surface area (Å²) in [5, 5.41) is 2.69. The fraction of sp³-hybridized carbons (Fsp3) is 0.167. The molecule has 4 heteroatoms. The maximum Gasteiger partial charge on any atom is 0.407 e. The number of thioether (sulfide) groups is 1. The lowest BCUT2D eigenvalue weighted by Gasteiger charge is -2.05. The van der Waals surface area contributed by atoms with E-state index in [1.54, 1.807) is 11.8 Å². The van der Waals surface area contributed by atoms with E-state index in [2.05, 4.69) is 35.8 Å². The second-order valence-electron chi connectivity index (χ2n) is 4.62. The summed E-state index contributed by atoms with van der Waals surface area (Å²) in [6.07, 6.45) is 5.51. The standard InChI is InChI=1S/C18H19NO2S/c1-22-17-11-9-15(10-12-17)8-5-13-19-18(20)21-14-16-6-3-2-4-7-16/h2-12H,13-14H2,1H3,(H,19,20).